The number of fused-ring (bicyclic) bond motifs is 2. The first-order valence-corrected chi connectivity index (χ1v) is 10.4. The Morgan fingerprint density at radius 1 is 0.969 bits per heavy atom. The molecule has 5 rings (SSSR count). The molecule has 6 nitrogen and oxygen atoms in total. The molecular formula is C26H22O6. The summed E-state index contributed by atoms with van der Waals surface area (Å²) in [5.41, 5.74) is 3.24. The standard InChI is InChI=1S/C26H22O6/c1-28-24-13-17(6-5-11-29-26(27)18-7-3-2-4-8-18)12-20-15-22(32-25(20)24)19-9-10-21-23(14-19)31-16-30-21/h2-4,7-10,12-15H,5-6,11,16H2,1H3. The fraction of sp³-hybridized carbons (Fsp3) is 0.192. The van der Waals surface area contributed by atoms with Crippen LogP contribution in [0.2, 0.25) is 0 Å². The molecule has 1 aliphatic rings. The third-order valence-corrected chi connectivity index (χ3v) is 5.37. The van der Waals surface area contributed by atoms with E-state index in [0.29, 0.717) is 35.7 Å². The van der Waals surface area contributed by atoms with Gasteiger partial charge < -0.3 is 23.4 Å². The number of carbonyl (C=O) groups excluding carboxylic acids is 1. The summed E-state index contributed by atoms with van der Waals surface area (Å²) in [6, 6.07) is 20.8. The topological polar surface area (TPSA) is 67.1 Å². The summed E-state index contributed by atoms with van der Waals surface area (Å²) < 4.78 is 27.9. The van der Waals surface area contributed by atoms with Crippen LogP contribution in [0.1, 0.15) is 22.3 Å². The van der Waals surface area contributed by atoms with Gasteiger partial charge in [-0.05, 0) is 66.9 Å². The predicted octanol–water partition coefficient (Wildman–Crippen LogP) is 5.63. The van der Waals surface area contributed by atoms with E-state index in [1.807, 2.05) is 48.5 Å². The second-order valence-corrected chi connectivity index (χ2v) is 7.50. The second kappa shape index (κ2) is 8.67. The summed E-state index contributed by atoms with van der Waals surface area (Å²) >= 11 is 0. The molecule has 0 N–H and O–H groups in total. The van der Waals surface area contributed by atoms with E-state index >= 15 is 0 Å². The highest BCUT2D eigenvalue weighted by Gasteiger charge is 2.17. The molecular weight excluding hydrogens is 408 g/mol. The van der Waals surface area contributed by atoms with E-state index in [-0.39, 0.29) is 12.8 Å². The van der Waals surface area contributed by atoms with Crippen LogP contribution < -0.4 is 14.2 Å². The van der Waals surface area contributed by atoms with Gasteiger partial charge in [-0.2, -0.15) is 0 Å². The van der Waals surface area contributed by atoms with E-state index < -0.39 is 0 Å². The molecule has 3 aromatic carbocycles. The zero-order chi connectivity index (χ0) is 21.9. The van der Waals surface area contributed by atoms with Crippen molar-refractivity contribution in [3.8, 4) is 28.6 Å². The number of carbonyl (C=O) groups is 1. The van der Waals surface area contributed by atoms with Crippen LogP contribution in [0.5, 0.6) is 17.2 Å². The summed E-state index contributed by atoms with van der Waals surface area (Å²) in [4.78, 5) is 12.1. The van der Waals surface area contributed by atoms with Crippen molar-refractivity contribution >= 4 is 16.9 Å². The van der Waals surface area contributed by atoms with Crippen molar-refractivity contribution in [1.82, 2.24) is 0 Å². The minimum atomic E-state index is -0.304. The van der Waals surface area contributed by atoms with Crippen molar-refractivity contribution in [3.63, 3.8) is 0 Å². The van der Waals surface area contributed by atoms with Crippen molar-refractivity contribution in [2.45, 2.75) is 12.8 Å². The molecule has 0 aliphatic carbocycles. The van der Waals surface area contributed by atoms with Gasteiger partial charge in [-0.3, -0.25) is 0 Å². The molecule has 1 aromatic heterocycles. The molecule has 0 saturated heterocycles. The Balaban J connectivity index is 1.30. The third-order valence-electron chi connectivity index (χ3n) is 5.37. The van der Waals surface area contributed by atoms with Crippen LogP contribution in [-0.4, -0.2) is 26.5 Å². The normalized spacial score (nSPS) is 12.2. The Labute approximate surface area is 185 Å². The molecule has 0 radical (unpaired) electrons. The number of hydrogen-bond acceptors (Lipinski definition) is 6. The summed E-state index contributed by atoms with van der Waals surface area (Å²) in [7, 11) is 1.63. The highest BCUT2D eigenvalue weighted by atomic mass is 16.7. The van der Waals surface area contributed by atoms with Crippen molar-refractivity contribution < 1.29 is 28.2 Å². The predicted molar refractivity (Wildman–Crippen MR) is 119 cm³/mol. The highest BCUT2D eigenvalue weighted by molar-refractivity contribution is 5.89. The fourth-order valence-corrected chi connectivity index (χ4v) is 3.77. The lowest BCUT2D eigenvalue weighted by Crippen LogP contribution is -2.06. The number of methoxy groups -OCH3 is 1. The van der Waals surface area contributed by atoms with Crippen LogP contribution in [0.15, 0.2) is 71.1 Å². The highest BCUT2D eigenvalue weighted by Crippen LogP contribution is 2.39. The Kier molecular flexibility index (Phi) is 5.42. The summed E-state index contributed by atoms with van der Waals surface area (Å²) in [6.45, 7) is 0.582. The van der Waals surface area contributed by atoms with Crippen molar-refractivity contribution in [1.29, 1.82) is 0 Å². The fourth-order valence-electron chi connectivity index (χ4n) is 3.77. The van der Waals surface area contributed by atoms with Gasteiger partial charge in [0.2, 0.25) is 6.79 Å². The minimum absolute atomic E-state index is 0.233. The van der Waals surface area contributed by atoms with Gasteiger partial charge in [-0.25, -0.2) is 4.79 Å². The van der Waals surface area contributed by atoms with Gasteiger partial charge in [-0.15, -0.1) is 0 Å². The maximum absolute atomic E-state index is 12.1. The van der Waals surface area contributed by atoms with Gasteiger partial charge in [0.15, 0.2) is 22.8 Å². The lowest BCUT2D eigenvalue weighted by Gasteiger charge is -2.07. The van der Waals surface area contributed by atoms with Crippen LogP contribution >= 0.6 is 0 Å². The molecule has 0 fully saturated rings. The van der Waals surface area contributed by atoms with Crippen LogP contribution in [-0.2, 0) is 11.2 Å². The van der Waals surface area contributed by atoms with Gasteiger partial charge in [0, 0.05) is 10.9 Å². The molecule has 4 aromatic rings. The summed E-state index contributed by atoms with van der Waals surface area (Å²) in [5.74, 6) is 2.54. The van der Waals surface area contributed by atoms with Gasteiger partial charge in [0.25, 0.3) is 0 Å². The maximum atomic E-state index is 12.1. The Morgan fingerprint density at radius 3 is 2.66 bits per heavy atom. The molecule has 0 spiro atoms. The van der Waals surface area contributed by atoms with Crippen LogP contribution in [0.25, 0.3) is 22.3 Å². The number of aryl methyl sites for hydroxylation is 1. The number of furan rings is 1. The molecule has 2 heterocycles. The third kappa shape index (κ3) is 3.99. The van der Waals surface area contributed by atoms with Gasteiger partial charge >= 0.3 is 5.97 Å². The van der Waals surface area contributed by atoms with E-state index in [2.05, 4.69) is 6.07 Å². The van der Waals surface area contributed by atoms with Crippen molar-refractivity contribution in [2.75, 3.05) is 20.5 Å². The smallest absolute Gasteiger partial charge is 0.338 e. The average Bonchev–Trinajstić information content (AvgIpc) is 3.48. The molecule has 0 unspecified atom stereocenters. The average molecular weight is 430 g/mol. The van der Waals surface area contributed by atoms with E-state index in [9.17, 15) is 4.79 Å². The second-order valence-electron chi connectivity index (χ2n) is 7.50. The first kappa shape index (κ1) is 20.0. The molecule has 32 heavy (non-hydrogen) atoms. The Morgan fingerprint density at radius 2 is 1.81 bits per heavy atom. The van der Waals surface area contributed by atoms with Crippen LogP contribution in [0.3, 0.4) is 0 Å². The molecule has 1 aliphatic heterocycles. The van der Waals surface area contributed by atoms with Crippen molar-refractivity contribution in [2.24, 2.45) is 0 Å². The molecule has 0 amide bonds. The van der Waals surface area contributed by atoms with Gasteiger partial charge in [-0.1, -0.05) is 18.2 Å². The summed E-state index contributed by atoms with van der Waals surface area (Å²) in [5, 5.41) is 0.952. The molecule has 0 atom stereocenters. The first-order valence-electron chi connectivity index (χ1n) is 10.4. The van der Waals surface area contributed by atoms with Crippen molar-refractivity contribution in [3.05, 3.63) is 77.9 Å². The number of esters is 1. The Hall–Kier alpha value is -3.93. The zero-order valence-electron chi connectivity index (χ0n) is 17.6. The van der Waals surface area contributed by atoms with Crippen LogP contribution in [0.4, 0.5) is 0 Å². The molecule has 6 heteroatoms. The summed E-state index contributed by atoms with van der Waals surface area (Å²) in [6.07, 6.45) is 1.46. The minimum Gasteiger partial charge on any atom is -0.493 e. The number of benzene rings is 3. The van der Waals surface area contributed by atoms with E-state index in [1.165, 1.54) is 0 Å². The van der Waals surface area contributed by atoms with E-state index in [0.717, 1.165) is 34.4 Å². The molecule has 0 saturated carbocycles. The maximum Gasteiger partial charge on any atom is 0.338 e. The first-order chi connectivity index (χ1) is 15.7. The lowest BCUT2D eigenvalue weighted by molar-refractivity contribution is 0.0500. The SMILES string of the molecule is COc1cc(CCCOC(=O)c2ccccc2)cc2cc(-c3ccc4c(c3)OCO4)oc12. The molecule has 0 bridgehead atoms. The quantitative estimate of drug-likeness (QED) is 0.280. The Bertz CT molecular complexity index is 1260. The van der Waals surface area contributed by atoms with E-state index in [4.69, 9.17) is 23.4 Å². The van der Waals surface area contributed by atoms with Crippen LogP contribution in [0, 0.1) is 0 Å². The number of rotatable bonds is 7. The largest absolute Gasteiger partial charge is 0.493 e. The zero-order valence-corrected chi connectivity index (χ0v) is 17.6. The molecule has 162 valence electrons. The number of hydrogen-bond donors (Lipinski definition) is 0. The number of ether oxygens (including phenoxy) is 4. The lowest BCUT2D eigenvalue weighted by atomic mass is 10.1. The van der Waals surface area contributed by atoms with E-state index in [1.54, 1.807) is 19.2 Å². The monoisotopic (exact) mass is 430 g/mol. The van der Waals surface area contributed by atoms with Gasteiger partial charge in [0.05, 0.1) is 19.3 Å². The van der Waals surface area contributed by atoms with Gasteiger partial charge in [0.1, 0.15) is 5.76 Å².